The zero-order chi connectivity index (χ0) is 19.9. The topological polar surface area (TPSA) is 0 Å². The van der Waals surface area contributed by atoms with Gasteiger partial charge in [-0.2, -0.15) is 0 Å². The molecule has 1 aromatic carbocycles. The highest BCUT2D eigenvalue weighted by molar-refractivity contribution is 5.27. The Balaban J connectivity index is 1.32. The standard InChI is InChI=1S/C26H38F2/c1-19-7-9-21(10-8-19)5-3-4-6-22-11-13-23(14-12-22)15-16-24-18-26(28)25(27)17-20(24)2/h3-4,17-19,21-23H,5-16H2,1-2H3/b4-3-. The van der Waals surface area contributed by atoms with Crippen molar-refractivity contribution in [2.75, 3.05) is 0 Å². The Kier molecular flexibility index (Phi) is 8.11. The SMILES string of the molecule is Cc1cc(F)c(F)cc1CCC1CCC(C/C=C\CC2CCC(C)CC2)CC1. The molecule has 0 saturated heterocycles. The minimum atomic E-state index is -0.729. The summed E-state index contributed by atoms with van der Waals surface area (Å²) in [5.41, 5.74) is 1.85. The first-order chi connectivity index (χ1) is 13.5. The summed E-state index contributed by atoms with van der Waals surface area (Å²) in [7, 11) is 0. The molecule has 0 aliphatic heterocycles. The second kappa shape index (κ2) is 10.6. The fourth-order valence-electron chi connectivity index (χ4n) is 5.21. The molecule has 2 aliphatic rings. The van der Waals surface area contributed by atoms with E-state index < -0.39 is 11.6 Å². The van der Waals surface area contributed by atoms with Crippen molar-refractivity contribution in [3.05, 3.63) is 47.0 Å². The molecule has 0 nitrogen and oxygen atoms in total. The summed E-state index contributed by atoms with van der Waals surface area (Å²) in [5, 5.41) is 0. The molecule has 3 rings (SSSR count). The number of allylic oxidation sites excluding steroid dienone is 2. The molecule has 0 aromatic heterocycles. The third kappa shape index (κ3) is 6.42. The molecule has 1 aromatic rings. The number of rotatable bonds is 7. The van der Waals surface area contributed by atoms with E-state index in [0.717, 1.165) is 47.6 Å². The van der Waals surface area contributed by atoms with Crippen molar-refractivity contribution in [1.82, 2.24) is 0 Å². The highest BCUT2D eigenvalue weighted by atomic mass is 19.2. The summed E-state index contributed by atoms with van der Waals surface area (Å²) in [6.45, 7) is 4.27. The molecular weight excluding hydrogens is 350 g/mol. The van der Waals surface area contributed by atoms with Gasteiger partial charge in [-0.05, 0) is 105 Å². The van der Waals surface area contributed by atoms with Crippen LogP contribution in [0.5, 0.6) is 0 Å². The molecule has 156 valence electrons. The van der Waals surface area contributed by atoms with Crippen LogP contribution < -0.4 is 0 Å². The van der Waals surface area contributed by atoms with Crippen molar-refractivity contribution >= 4 is 0 Å². The van der Waals surface area contributed by atoms with E-state index in [0.29, 0.717) is 0 Å². The van der Waals surface area contributed by atoms with Gasteiger partial charge in [-0.1, -0.05) is 44.8 Å². The molecule has 0 amide bonds. The third-order valence-electron chi connectivity index (χ3n) is 7.41. The van der Waals surface area contributed by atoms with Gasteiger partial charge in [0, 0.05) is 0 Å². The van der Waals surface area contributed by atoms with E-state index in [-0.39, 0.29) is 0 Å². The van der Waals surface area contributed by atoms with Crippen LogP contribution in [-0.4, -0.2) is 0 Å². The zero-order valence-corrected chi connectivity index (χ0v) is 17.9. The van der Waals surface area contributed by atoms with E-state index in [1.165, 1.54) is 76.3 Å². The maximum absolute atomic E-state index is 13.5. The summed E-state index contributed by atoms with van der Waals surface area (Å²) >= 11 is 0. The van der Waals surface area contributed by atoms with E-state index in [4.69, 9.17) is 0 Å². The van der Waals surface area contributed by atoms with E-state index in [9.17, 15) is 8.78 Å². The van der Waals surface area contributed by atoms with Crippen LogP contribution in [-0.2, 0) is 6.42 Å². The molecule has 0 unspecified atom stereocenters. The molecule has 2 fully saturated rings. The number of hydrogen-bond acceptors (Lipinski definition) is 0. The number of aryl methyl sites for hydroxylation is 2. The number of benzene rings is 1. The van der Waals surface area contributed by atoms with Gasteiger partial charge in [0.1, 0.15) is 0 Å². The second-order valence-corrected chi connectivity index (χ2v) is 9.69. The van der Waals surface area contributed by atoms with Crippen molar-refractivity contribution in [2.45, 2.75) is 90.9 Å². The van der Waals surface area contributed by atoms with Gasteiger partial charge in [0.15, 0.2) is 11.6 Å². The zero-order valence-electron chi connectivity index (χ0n) is 17.9. The van der Waals surface area contributed by atoms with Crippen LogP contribution in [0.15, 0.2) is 24.3 Å². The molecule has 0 heterocycles. The molecule has 0 N–H and O–H groups in total. The molecule has 2 aliphatic carbocycles. The van der Waals surface area contributed by atoms with Crippen molar-refractivity contribution in [3.63, 3.8) is 0 Å². The minimum absolute atomic E-state index is 0.709. The van der Waals surface area contributed by atoms with E-state index >= 15 is 0 Å². The fourth-order valence-corrected chi connectivity index (χ4v) is 5.21. The van der Waals surface area contributed by atoms with E-state index in [2.05, 4.69) is 19.1 Å². The first-order valence-corrected chi connectivity index (χ1v) is 11.6. The van der Waals surface area contributed by atoms with Crippen LogP contribution in [0.1, 0.15) is 88.7 Å². The Morgan fingerprint density at radius 1 is 0.786 bits per heavy atom. The normalized spacial score (nSPS) is 28.7. The maximum Gasteiger partial charge on any atom is 0.159 e. The summed E-state index contributed by atoms with van der Waals surface area (Å²) in [6, 6.07) is 2.73. The van der Waals surface area contributed by atoms with E-state index in [1.54, 1.807) is 0 Å². The smallest absolute Gasteiger partial charge is 0.159 e. The highest BCUT2D eigenvalue weighted by Gasteiger charge is 2.21. The fraction of sp³-hybridized carbons (Fsp3) is 0.692. The molecule has 0 atom stereocenters. The van der Waals surface area contributed by atoms with Gasteiger partial charge in [-0.25, -0.2) is 8.78 Å². The number of halogens is 2. The summed E-state index contributed by atoms with van der Waals surface area (Å²) in [6.07, 6.45) is 20.4. The first-order valence-electron chi connectivity index (χ1n) is 11.6. The molecule has 0 bridgehead atoms. The summed E-state index contributed by atoms with van der Waals surface area (Å²) in [5.74, 6) is 2.04. The predicted octanol–water partition coefficient (Wildman–Crippen LogP) is 8.17. The predicted molar refractivity (Wildman–Crippen MR) is 114 cm³/mol. The van der Waals surface area contributed by atoms with Crippen LogP contribution in [0.3, 0.4) is 0 Å². The second-order valence-electron chi connectivity index (χ2n) is 9.69. The quantitative estimate of drug-likeness (QED) is 0.413. The Hall–Kier alpha value is -1.18. The summed E-state index contributed by atoms with van der Waals surface area (Å²) in [4.78, 5) is 0. The monoisotopic (exact) mass is 388 g/mol. The van der Waals surface area contributed by atoms with Crippen LogP contribution in [0.25, 0.3) is 0 Å². The van der Waals surface area contributed by atoms with Crippen molar-refractivity contribution in [3.8, 4) is 0 Å². The molecule has 28 heavy (non-hydrogen) atoms. The van der Waals surface area contributed by atoms with Gasteiger partial charge in [-0.3, -0.25) is 0 Å². The van der Waals surface area contributed by atoms with Crippen LogP contribution >= 0.6 is 0 Å². The van der Waals surface area contributed by atoms with Gasteiger partial charge >= 0.3 is 0 Å². The Bertz CT molecular complexity index is 632. The lowest BCUT2D eigenvalue weighted by Gasteiger charge is -2.28. The maximum atomic E-state index is 13.5. The van der Waals surface area contributed by atoms with E-state index in [1.807, 2.05) is 6.92 Å². The first kappa shape index (κ1) is 21.5. The molecule has 2 saturated carbocycles. The lowest BCUT2D eigenvalue weighted by atomic mass is 9.78. The number of hydrogen-bond donors (Lipinski definition) is 0. The minimum Gasteiger partial charge on any atom is -0.204 e. The third-order valence-corrected chi connectivity index (χ3v) is 7.41. The van der Waals surface area contributed by atoms with Crippen molar-refractivity contribution in [2.24, 2.45) is 23.7 Å². The highest BCUT2D eigenvalue weighted by Crippen LogP contribution is 2.34. The average molecular weight is 389 g/mol. The van der Waals surface area contributed by atoms with Gasteiger partial charge in [0.2, 0.25) is 0 Å². The lowest BCUT2D eigenvalue weighted by Crippen LogP contribution is -2.15. The Morgan fingerprint density at radius 2 is 1.29 bits per heavy atom. The average Bonchev–Trinajstić information content (AvgIpc) is 2.69. The Morgan fingerprint density at radius 3 is 1.89 bits per heavy atom. The molecule has 0 spiro atoms. The largest absolute Gasteiger partial charge is 0.204 e. The molecular formula is C26H38F2. The lowest BCUT2D eigenvalue weighted by molar-refractivity contribution is 0.264. The van der Waals surface area contributed by atoms with Gasteiger partial charge < -0.3 is 0 Å². The molecule has 2 heteroatoms. The van der Waals surface area contributed by atoms with Gasteiger partial charge in [0.05, 0.1) is 0 Å². The van der Waals surface area contributed by atoms with Crippen LogP contribution in [0.4, 0.5) is 8.78 Å². The van der Waals surface area contributed by atoms with Gasteiger partial charge in [-0.15, -0.1) is 0 Å². The van der Waals surface area contributed by atoms with Crippen LogP contribution in [0, 0.1) is 42.2 Å². The Labute approximate surface area is 170 Å². The molecule has 0 radical (unpaired) electrons. The van der Waals surface area contributed by atoms with Crippen molar-refractivity contribution < 1.29 is 8.78 Å². The van der Waals surface area contributed by atoms with Gasteiger partial charge in [0.25, 0.3) is 0 Å². The van der Waals surface area contributed by atoms with Crippen molar-refractivity contribution in [1.29, 1.82) is 0 Å². The van der Waals surface area contributed by atoms with Crippen LogP contribution in [0.2, 0.25) is 0 Å². The summed E-state index contributed by atoms with van der Waals surface area (Å²) < 4.78 is 26.7.